The van der Waals surface area contributed by atoms with Crippen molar-refractivity contribution in [3.63, 3.8) is 0 Å². The maximum atomic E-state index is 12.8. The van der Waals surface area contributed by atoms with Gasteiger partial charge in [0.15, 0.2) is 5.82 Å². The predicted octanol–water partition coefficient (Wildman–Crippen LogP) is 1.45. The Bertz CT molecular complexity index is 975. The van der Waals surface area contributed by atoms with Crippen molar-refractivity contribution in [3.05, 3.63) is 48.0 Å². The fraction of sp³-hybridized carbons (Fsp3) is 0.333. The van der Waals surface area contributed by atoms with E-state index in [-0.39, 0.29) is 17.7 Å². The number of nitrogens with zero attached hydrogens (tertiary/aromatic N) is 6. The fourth-order valence-electron chi connectivity index (χ4n) is 3.24. The van der Waals surface area contributed by atoms with E-state index in [1.54, 1.807) is 36.1 Å². The largest absolute Gasteiger partial charge is 0.360 e. The van der Waals surface area contributed by atoms with Crippen LogP contribution in [0, 0.1) is 12.8 Å². The monoisotopic (exact) mass is 381 g/mol. The summed E-state index contributed by atoms with van der Waals surface area (Å²) < 4.78 is 6.45. The minimum absolute atomic E-state index is 0.0686. The zero-order chi connectivity index (χ0) is 19.5. The Labute approximate surface area is 160 Å². The number of aromatic nitrogens is 5. The van der Waals surface area contributed by atoms with Gasteiger partial charge in [-0.3, -0.25) is 9.59 Å². The van der Waals surface area contributed by atoms with Crippen molar-refractivity contribution in [3.8, 4) is 5.69 Å². The first kappa shape index (κ1) is 17.8. The Morgan fingerprint density at radius 1 is 1.21 bits per heavy atom. The van der Waals surface area contributed by atoms with Crippen molar-refractivity contribution in [2.24, 2.45) is 5.92 Å². The molecule has 0 saturated carbocycles. The van der Waals surface area contributed by atoms with Crippen LogP contribution in [0.3, 0.4) is 0 Å². The highest BCUT2D eigenvalue weighted by Crippen LogP contribution is 2.21. The summed E-state index contributed by atoms with van der Waals surface area (Å²) in [7, 11) is 0. The molecule has 0 unspecified atom stereocenters. The zero-order valence-electron chi connectivity index (χ0n) is 15.3. The Kier molecular flexibility index (Phi) is 4.83. The minimum atomic E-state index is -0.159. The Morgan fingerprint density at radius 2 is 2.04 bits per heavy atom. The zero-order valence-corrected chi connectivity index (χ0v) is 15.3. The lowest BCUT2D eigenvalue weighted by Gasteiger charge is -2.31. The van der Waals surface area contributed by atoms with E-state index in [9.17, 15) is 9.59 Å². The summed E-state index contributed by atoms with van der Waals surface area (Å²) in [6, 6.07) is 8.82. The van der Waals surface area contributed by atoms with Gasteiger partial charge < -0.3 is 14.7 Å². The van der Waals surface area contributed by atoms with Gasteiger partial charge in [-0.25, -0.2) is 4.68 Å². The predicted molar refractivity (Wildman–Crippen MR) is 97.7 cm³/mol. The number of rotatable bonds is 4. The molecule has 1 aromatic carbocycles. The molecule has 0 radical (unpaired) electrons. The summed E-state index contributed by atoms with van der Waals surface area (Å²) in [6.07, 6.45) is 2.67. The maximum Gasteiger partial charge on any atom is 0.253 e. The first-order valence-corrected chi connectivity index (χ1v) is 8.97. The van der Waals surface area contributed by atoms with Crippen LogP contribution in [0.4, 0.5) is 5.82 Å². The van der Waals surface area contributed by atoms with E-state index in [0.717, 1.165) is 0 Å². The highest BCUT2D eigenvalue weighted by Gasteiger charge is 2.28. The first-order valence-electron chi connectivity index (χ1n) is 8.97. The minimum Gasteiger partial charge on any atom is -0.360 e. The average Bonchev–Trinajstić information content (AvgIpc) is 3.40. The summed E-state index contributed by atoms with van der Waals surface area (Å²) in [6.45, 7) is 2.80. The van der Waals surface area contributed by atoms with Crippen LogP contribution in [0.15, 0.2) is 41.2 Å². The second-order valence-corrected chi connectivity index (χ2v) is 6.68. The lowest BCUT2D eigenvalue weighted by molar-refractivity contribution is -0.121. The number of hydrogen-bond donors (Lipinski definition) is 1. The molecule has 4 rings (SSSR count). The van der Waals surface area contributed by atoms with Crippen molar-refractivity contribution in [2.45, 2.75) is 19.8 Å². The number of anilines is 1. The quantitative estimate of drug-likeness (QED) is 0.726. The molecule has 0 atom stereocenters. The molecular weight excluding hydrogens is 362 g/mol. The van der Waals surface area contributed by atoms with E-state index >= 15 is 0 Å². The van der Waals surface area contributed by atoms with Gasteiger partial charge in [-0.15, -0.1) is 5.10 Å². The van der Waals surface area contributed by atoms with Gasteiger partial charge in [0, 0.05) is 30.6 Å². The number of carbonyl (C=O) groups is 2. The van der Waals surface area contributed by atoms with Crippen LogP contribution in [-0.2, 0) is 4.79 Å². The molecule has 28 heavy (non-hydrogen) atoms. The summed E-state index contributed by atoms with van der Waals surface area (Å²) in [5, 5.41) is 17.6. The van der Waals surface area contributed by atoms with Crippen LogP contribution in [0.2, 0.25) is 0 Å². The lowest BCUT2D eigenvalue weighted by Crippen LogP contribution is -2.41. The van der Waals surface area contributed by atoms with Crippen LogP contribution >= 0.6 is 0 Å². The van der Waals surface area contributed by atoms with Crippen LogP contribution in [0.1, 0.15) is 29.0 Å². The van der Waals surface area contributed by atoms with Gasteiger partial charge in [-0.1, -0.05) is 11.2 Å². The van der Waals surface area contributed by atoms with E-state index in [4.69, 9.17) is 4.52 Å². The molecule has 10 heteroatoms. The molecule has 2 aromatic heterocycles. The SMILES string of the molecule is Cc1cc(NC(=O)C2CCN(C(=O)c3cccc(-n4cnnn4)c3)CC2)no1. The molecule has 0 spiro atoms. The number of benzene rings is 1. The van der Waals surface area contributed by atoms with Crippen LogP contribution in [0.5, 0.6) is 0 Å². The van der Waals surface area contributed by atoms with Crippen molar-refractivity contribution >= 4 is 17.6 Å². The summed E-state index contributed by atoms with van der Waals surface area (Å²) in [5.74, 6) is 0.732. The number of piperidine rings is 1. The summed E-state index contributed by atoms with van der Waals surface area (Å²) >= 11 is 0. The standard InChI is InChI=1S/C18H19N7O3/c1-12-9-16(21-28-12)20-17(26)13-5-7-24(8-6-13)18(27)14-3-2-4-15(10-14)25-11-19-22-23-25/h2-4,9-11,13H,5-8H2,1H3,(H,20,21,26). The molecule has 2 amide bonds. The second kappa shape index (κ2) is 7.59. The second-order valence-electron chi connectivity index (χ2n) is 6.68. The van der Waals surface area contributed by atoms with E-state index in [1.165, 1.54) is 11.0 Å². The van der Waals surface area contributed by atoms with Gasteiger partial charge in [-0.2, -0.15) is 0 Å². The number of hydrogen-bond acceptors (Lipinski definition) is 7. The van der Waals surface area contributed by atoms with E-state index in [1.807, 2.05) is 6.07 Å². The molecule has 10 nitrogen and oxygen atoms in total. The molecule has 3 aromatic rings. The number of nitrogens with one attached hydrogen (secondary N) is 1. The molecule has 1 N–H and O–H groups in total. The van der Waals surface area contributed by atoms with Gasteiger partial charge in [-0.05, 0) is 48.4 Å². The number of amides is 2. The first-order chi connectivity index (χ1) is 13.6. The normalized spacial score (nSPS) is 14.8. The smallest absolute Gasteiger partial charge is 0.253 e. The Hall–Kier alpha value is -3.56. The van der Waals surface area contributed by atoms with E-state index < -0.39 is 0 Å². The van der Waals surface area contributed by atoms with Gasteiger partial charge in [0.1, 0.15) is 12.1 Å². The van der Waals surface area contributed by atoms with Gasteiger partial charge in [0.25, 0.3) is 5.91 Å². The van der Waals surface area contributed by atoms with Crippen molar-refractivity contribution in [2.75, 3.05) is 18.4 Å². The Morgan fingerprint density at radius 3 is 2.71 bits per heavy atom. The number of aryl methyl sites for hydroxylation is 1. The third kappa shape index (κ3) is 3.75. The van der Waals surface area contributed by atoms with E-state index in [0.29, 0.717) is 48.8 Å². The Balaban J connectivity index is 1.36. The van der Waals surface area contributed by atoms with Crippen molar-refractivity contribution in [1.82, 2.24) is 30.3 Å². The van der Waals surface area contributed by atoms with Crippen molar-refractivity contribution < 1.29 is 14.1 Å². The number of carbonyl (C=O) groups excluding carboxylic acids is 2. The van der Waals surface area contributed by atoms with Gasteiger partial charge in [0.2, 0.25) is 5.91 Å². The molecule has 1 saturated heterocycles. The van der Waals surface area contributed by atoms with Gasteiger partial charge in [0.05, 0.1) is 5.69 Å². The van der Waals surface area contributed by atoms with E-state index in [2.05, 4.69) is 26.0 Å². The highest BCUT2D eigenvalue weighted by molar-refractivity contribution is 5.95. The topological polar surface area (TPSA) is 119 Å². The molecule has 144 valence electrons. The number of likely N-dealkylation sites (tertiary alicyclic amines) is 1. The van der Waals surface area contributed by atoms with Crippen LogP contribution < -0.4 is 5.32 Å². The molecule has 1 aliphatic heterocycles. The molecule has 1 aliphatic rings. The lowest BCUT2D eigenvalue weighted by atomic mass is 9.95. The maximum absolute atomic E-state index is 12.8. The average molecular weight is 381 g/mol. The third-order valence-electron chi connectivity index (χ3n) is 4.74. The summed E-state index contributed by atoms with van der Waals surface area (Å²) in [5.41, 5.74) is 1.28. The summed E-state index contributed by atoms with van der Waals surface area (Å²) in [4.78, 5) is 27.0. The molecule has 0 aliphatic carbocycles. The third-order valence-corrected chi connectivity index (χ3v) is 4.74. The molecule has 3 heterocycles. The van der Waals surface area contributed by atoms with Crippen LogP contribution in [-0.4, -0.2) is 55.2 Å². The highest BCUT2D eigenvalue weighted by atomic mass is 16.5. The van der Waals surface area contributed by atoms with Gasteiger partial charge >= 0.3 is 0 Å². The number of tetrazole rings is 1. The molecule has 1 fully saturated rings. The molecule has 0 bridgehead atoms. The fourth-order valence-corrected chi connectivity index (χ4v) is 3.24. The van der Waals surface area contributed by atoms with Crippen molar-refractivity contribution in [1.29, 1.82) is 0 Å². The molecular formula is C18H19N7O3. The van der Waals surface area contributed by atoms with Crippen LogP contribution in [0.25, 0.3) is 5.69 Å².